The first kappa shape index (κ1) is 22.2. The highest BCUT2D eigenvalue weighted by molar-refractivity contribution is 7.99. The van der Waals surface area contributed by atoms with Gasteiger partial charge in [0.05, 0.1) is 22.2 Å². The molecule has 0 saturated carbocycles. The zero-order valence-corrected chi connectivity index (χ0v) is 18.4. The van der Waals surface area contributed by atoms with Gasteiger partial charge in [0.2, 0.25) is 15.9 Å². The Labute approximate surface area is 181 Å². The number of hydrogen-bond acceptors (Lipinski definition) is 7. The average Bonchev–Trinajstić information content (AvgIpc) is 3.04. The summed E-state index contributed by atoms with van der Waals surface area (Å²) in [5.41, 5.74) is 0.558. The Morgan fingerprint density at radius 2 is 1.93 bits per heavy atom. The predicted octanol–water partition coefficient (Wildman–Crippen LogP) is 2.13. The van der Waals surface area contributed by atoms with E-state index in [9.17, 15) is 18.0 Å². The Kier molecular flexibility index (Phi) is 7.08. The third-order valence-electron chi connectivity index (χ3n) is 4.05. The van der Waals surface area contributed by atoms with Crippen LogP contribution in [-0.4, -0.2) is 37.7 Å². The molecule has 30 heavy (non-hydrogen) atoms. The van der Waals surface area contributed by atoms with Crippen LogP contribution < -0.4 is 9.94 Å². The summed E-state index contributed by atoms with van der Waals surface area (Å²) in [6.45, 7) is -0.157. The van der Waals surface area contributed by atoms with Crippen molar-refractivity contribution in [1.82, 2.24) is 4.57 Å². The number of methoxy groups -OCH3 is 1. The van der Waals surface area contributed by atoms with Crippen LogP contribution in [0.3, 0.4) is 0 Å². The number of hydrogen-bond donors (Lipinski definition) is 1. The van der Waals surface area contributed by atoms with Gasteiger partial charge in [0.15, 0.2) is 4.80 Å². The molecule has 0 bridgehead atoms. The van der Waals surface area contributed by atoms with Crippen LogP contribution in [0.2, 0.25) is 0 Å². The Morgan fingerprint density at radius 3 is 2.60 bits per heavy atom. The number of sulfonamides is 1. The average molecular weight is 466 g/mol. The van der Waals surface area contributed by atoms with E-state index in [2.05, 4.69) is 4.99 Å². The van der Waals surface area contributed by atoms with E-state index in [1.54, 1.807) is 11.8 Å². The summed E-state index contributed by atoms with van der Waals surface area (Å²) in [6.07, 6.45) is 0.217. The van der Waals surface area contributed by atoms with Crippen molar-refractivity contribution in [3.63, 3.8) is 0 Å². The van der Waals surface area contributed by atoms with E-state index in [0.29, 0.717) is 16.0 Å². The maximum atomic E-state index is 12.4. The number of ether oxygens (including phenoxy) is 1. The van der Waals surface area contributed by atoms with Gasteiger partial charge in [-0.25, -0.2) is 13.6 Å². The van der Waals surface area contributed by atoms with Crippen molar-refractivity contribution in [2.45, 2.75) is 22.8 Å². The lowest BCUT2D eigenvalue weighted by Crippen LogP contribution is -2.22. The van der Waals surface area contributed by atoms with Crippen molar-refractivity contribution < 1.29 is 22.7 Å². The minimum atomic E-state index is -3.88. The molecule has 0 spiro atoms. The summed E-state index contributed by atoms with van der Waals surface area (Å²) in [4.78, 5) is 29.7. The number of aromatic nitrogens is 1. The van der Waals surface area contributed by atoms with Gasteiger partial charge in [-0.3, -0.25) is 9.59 Å². The molecule has 0 fully saturated rings. The quantitative estimate of drug-likeness (QED) is 0.421. The number of nitrogens with zero attached hydrogens (tertiary/aromatic N) is 2. The number of benzene rings is 2. The first-order valence-electron chi connectivity index (χ1n) is 8.76. The van der Waals surface area contributed by atoms with E-state index >= 15 is 0 Å². The third kappa shape index (κ3) is 5.57. The first-order chi connectivity index (χ1) is 14.3. The molecule has 0 saturated heterocycles. The second-order valence-electron chi connectivity index (χ2n) is 6.14. The van der Waals surface area contributed by atoms with E-state index in [0.717, 1.165) is 16.2 Å². The molecule has 2 aromatic carbocycles. The van der Waals surface area contributed by atoms with Crippen molar-refractivity contribution in [1.29, 1.82) is 0 Å². The van der Waals surface area contributed by atoms with Gasteiger partial charge in [0.1, 0.15) is 6.54 Å². The molecule has 1 heterocycles. The van der Waals surface area contributed by atoms with Crippen LogP contribution in [0.4, 0.5) is 0 Å². The molecule has 158 valence electrons. The Bertz CT molecular complexity index is 1250. The van der Waals surface area contributed by atoms with Crippen LogP contribution in [0.5, 0.6) is 0 Å². The lowest BCUT2D eigenvalue weighted by molar-refractivity contribution is -0.141. The van der Waals surface area contributed by atoms with E-state index < -0.39 is 16.0 Å². The number of esters is 1. The summed E-state index contributed by atoms with van der Waals surface area (Å²) in [6, 6.07) is 14.0. The molecule has 2 N–H and O–H groups in total. The Balaban J connectivity index is 1.90. The van der Waals surface area contributed by atoms with Gasteiger partial charge >= 0.3 is 5.97 Å². The SMILES string of the molecule is COC(=O)Cn1c(=NC(=O)CCSc2ccccc2)sc2cc(S(N)(=O)=O)ccc21. The van der Waals surface area contributed by atoms with E-state index in [1.165, 1.54) is 29.9 Å². The maximum absolute atomic E-state index is 12.4. The van der Waals surface area contributed by atoms with Crippen molar-refractivity contribution in [3.05, 3.63) is 53.3 Å². The highest BCUT2D eigenvalue weighted by atomic mass is 32.2. The summed E-state index contributed by atoms with van der Waals surface area (Å²) in [5, 5.41) is 5.19. The number of fused-ring (bicyclic) bond motifs is 1. The number of thiazole rings is 1. The van der Waals surface area contributed by atoms with Crippen LogP contribution in [0, 0.1) is 0 Å². The van der Waals surface area contributed by atoms with Crippen molar-refractivity contribution in [2.75, 3.05) is 12.9 Å². The largest absolute Gasteiger partial charge is 0.468 e. The molecule has 3 aromatic rings. The number of rotatable bonds is 7. The van der Waals surface area contributed by atoms with Gasteiger partial charge in [-0.15, -0.1) is 11.8 Å². The summed E-state index contributed by atoms with van der Waals surface area (Å²) in [5.74, 6) is -0.293. The fraction of sp³-hybridized carbons (Fsp3) is 0.211. The minimum Gasteiger partial charge on any atom is -0.468 e. The Morgan fingerprint density at radius 1 is 1.20 bits per heavy atom. The number of primary sulfonamides is 1. The van der Waals surface area contributed by atoms with Gasteiger partial charge in [0.25, 0.3) is 0 Å². The summed E-state index contributed by atoms with van der Waals surface area (Å²) >= 11 is 2.65. The van der Waals surface area contributed by atoms with E-state index in [-0.39, 0.29) is 28.6 Å². The van der Waals surface area contributed by atoms with Crippen LogP contribution in [0.15, 0.2) is 63.3 Å². The Hall–Kier alpha value is -2.47. The van der Waals surface area contributed by atoms with Crippen molar-refractivity contribution >= 4 is 55.2 Å². The molecule has 11 heteroatoms. The van der Waals surface area contributed by atoms with Crippen molar-refractivity contribution in [2.24, 2.45) is 10.1 Å². The molecular formula is C19H19N3O5S3. The van der Waals surface area contributed by atoms with Gasteiger partial charge in [-0.1, -0.05) is 29.5 Å². The highest BCUT2D eigenvalue weighted by Crippen LogP contribution is 2.22. The molecule has 3 rings (SSSR count). The van der Waals surface area contributed by atoms with Crippen molar-refractivity contribution in [3.8, 4) is 0 Å². The van der Waals surface area contributed by atoms with E-state index in [1.807, 2.05) is 30.3 Å². The second-order valence-corrected chi connectivity index (χ2v) is 9.88. The molecule has 0 aliphatic rings. The zero-order chi connectivity index (χ0) is 21.7. The minimum absolute atomic E-state index is 0.0568. The van der Waals surface area contributed by atoms with Crippen LogP contribution in [-0.2, 0) is 30.9 Å². The molecular weight excluding hydrogens is 446 g/mol. The van der Waals surface area contributed by atoms with E-state index in [4.69, 9.17) is 9.88 Å². The lowest BCUT2D eigenvalue weighted by Gasteiger charge is -2.04. The number of carbonyl (C=O) groups is 2. The smallest absolute Gasteiger partial charge is 0.325 e. The van der Waals surface area contributed by atoms with Crippen LogP contribution >= 0.6 is 23.1 Å². The monoisotopic (exact) mass is 465 g/mol. The van der Waals surface area contributed by atoms with Gasteiger partial charge in [0, 0.05) is 17.1 Å². The second kappa shape index (κ2) is 9.56. The molecule has 1 amide bonds. The maximum Gasteiger partial charge on any atom is 0.325 e. The number of carbonyl (C=O) groups excluding carboxylic acids is 2. The number of thioether (sulfide) groups is 1. The van der Waals surface area contributed by atoms with Crippen LogP contribution in [0.1, 0.15) is 6.42 Å². The highest BCUT2D eigenvalue weighted by Gasteiger charge is 2.15. The van der Waals surface area contributed by atoms with Gasteiger partial charge in [-0.05, 0) is 30.3 Å². The molecule has 0 unspecified atom stereocenters. The number of nitrogens with two attached hydrogens (primary N) is 1. The fourth-order valence-corrected chi connectivity index (χ4v) is 5.16. The van der Waals surface area contributed by atoms with Gasteiger partial charge < -0.3 is 9.30 Å². The van der Waals surface area contributed by atoms with Crippen LogP contribution in [0.25, 0.3) is 10.2 Å². The zero-order valence-electron chi connectivity index (χ0n) is 16.0. The summed E-state index contributed by atoms with van der Waals surface area (Å²) < 4.78 is 30.0. The molecule has 0 aliphatic heterocycles. The standard InChI is InChI=1S/C19H19N3O5S3/c1-27-18(24)12-22-15-8-7-14(30(20,25)26)11-16(15)29-19(22)21-17(23)9-10-28-13-5-3-2-4-6-13/h2-8,11H,9-10,12H2,1H3,(H2,20,25,26). The fourth-order valence-electron chi connectivity index (χ4n) is 2.60. The molecule has 0 aliphatic carbocycles. The first-order valence-corrected chi connectivity index (χ1v) is 12.1. The lowest BCUT2D eigenvalue weighted by atomic mass is 10.3. The topological polar surface area (TPSA) is 121 Å². The predicted molar refractivity (Wildman–Crippen MR) is 116 cm³/mol. The molecule has 8 nitrogen and oxygen atoms in total. The normalized spacial score (nSPS) is 12.3. The summed E-state index contributed by atoms with van der Waals surface area (Å²) in [7, 11) is -2.62. The number of amides is 1. The third-order valence-corrected chi connectivity index (χ3v) is 7.01. The molecule has 1 aromatic heterocycles. The molecule has 0 radical (unpaired) electrons. The van der Waals surface area contributed by atoms with Gasteiger partial charge in [-0.2, -0.15) is 4.99 Å². The molecule has 0 atom stereocenters.